The lowest BCUT2D eigenvalue weighted by Gasteiger charge is -2.10. The minimum atomic E-state index is -4.40. The van der Waals surface area contributed by atoms with Gasteiger partial charge in [-0.1, -0.05) is 41.6 Å². The summed E-state index contributed by atoms with van der Waals surface area (Å²) in [6.07, 6.45) is -4.40. The zero-order valence-corrected chi connectivity index (χ0v) is 14.7. The van der Waals surface area contributed by atoms with Gasteiger partial charge in [0.15, 0.2) is 6.61 Å². The molecule has 0 amide bonds. The molecule has 1 heterocycles. The molecular formula is C21H16F3NO3. The fourth-order valence-corrected chi connectivity index (χ4v) is 3.04. The van der Waals surface area contributed by atoms with E-state index in [4.69, 9.17) is 14.3 Å². The topological polar surface area (TPSA) is 40.0 Å². The second kappa shape index (κ2) is 7.42. The molecule has 0 spiro atoms. The van der Waals surface area contributed by atoms with Gasteiger partial charge in [-0.05, 0) is 35.0 Å². The maximum Gasteiger partial charge on any atom is 0.416 e. The molecule has 4 rings (SSSR count). The third-order valence-electron chi connectivity index (χ3n) is 4.32. The predicted octanol–water partition coefficient (Wildman–Crippen LogP) is 5.05. The first-order chi connectivity index (χ1) is 13.5. The van der Waals surface area contributed by atoms with Gasteiger partial charge in [0.2, 0.25) is 0 Å². The average molecular weight is 387 g/mol. The summed E-state index contributed by atoms with van der Waals surface area (Å²) < 4.78 is 49.1. The molecule has 0 saturated carbocycles. The molecule has 4 nitrogen and oxygen atoms in total. The number of benzene rings is 3. The smallest absolute Gasteiger partial charge is 0.416 e. The normalized spacial score (nSPS) is 14.8. The van der Waals surface area contributed by atoms with E-state index in [0.717, 1.165) is 34.2 Å². The summed E-state index contributed by atoms with van der Waals surface area (Å²) in [4.78, 5) is 5.30. The Bertz CT molecular complexity index is 1030. The van der Waals surface area contributed by atoms with Crippen molar-refractivity contribution in [1.29, 1.82) is 0 Å². The summed E-state index contributed by atoms with van der Waals surface area (Å²) >= 11 is 0. The highest BCUT2D eigenvalue weighted by Crippen LogP contribution is 2.33. The van der Waals surface area contributed by atoms with E-state index in [1.165, 1.54) is 12.1 Å². The number of hydrogen-bond donors (Lipinski definition) is 0. The Morgan fingerprint density at radius 2 is 1.82 bits per heavy atom. The molecular weight excluding hydrogens is 371 g/mol. The van der Waals surface area contributed by atoms with Crippen molar-refractivity contribution >= 4 is 16.5 Å². The van der Waals surface area contributed by atoms with Gasteiger partial charge in [-0.3, -0.25) is 0 Å². The number of rotatable bonds is 5. The average Bonchev–Trinajstić information content (AvgIpc) is 3.11. The molecule has 0 atom stereocenters. The van der Waals surface area contributed by atoms with E-state index >= 15 is 0 Å². The van der Waals surface area contributed by atoms with Gasteiger partial charge < -0.3 is 14.3 Å². The molecule has 0 saturated heterocycles. The SMILES string of the molecule is FC(F)(F)c1cccc(OCCON=C2COc3ccc4ccccc4c32)c1. The van der Waals surface area contributed by atoms with Gasteiger partial charge in [0.1, 0.15) is 30.4 Å². The number of nitrogens with zero attached hydrogens (tertiary/aromatic N) is 1. The van der Waals surface area contributed by atoms with E-state index in [1.807, 2.05) is 36.4 Å². The summed E-state index contributed by atoms with van der Waals surface area (Å²) in [5.41, 5.74) is 0.820. The van der Waals surface area contributed by atoms with E-state index in [9.17, 15) is 13.2 Å². The summed E-state index contributed by atoms with van der Waals surface area (Å²) in [6, 6.07) is 16.5. The number of hydrogen-bond acceptors (Lipinski definition) is 4. The lowest BCUT2D eigenvalue weighted by molar-refractivity contribution is -0.137. The van der Waals surface area contributed by atoms with Gasteiger partial charge in [-0.15, -0.1) is 0 Å². The third kappa shape index (κ3) is 3.74. The monoisotopic (exact) mass is 387 g/mol. The summed E-state index contributed by atoms with van der Waals surface area (Å²) in [7, 11) is 0. The molecule has 0 N–H and O–H groups in total. The maximum atomic E-state index is 12.7. The molecule has 0 aliphatic carbocycles. The molecule has 144 valence electrons. The van der Waals surface area contributed by atoms with Gasteiger partial charge in [-0.2, -0.15) is 13.2 Å². The van der Waals surface area contributed by atoms with E-state index in [2.05, 4.69) is 5.16 Å². The van der Waals surface area contributed by atoms with E-state index in [0.29, 0.717) is 12.3 Å². The number of oxime groups is 1. The molecule has 1 aliphatic rings. The standard InChI is InChI=1S/C21H16F3NO3/c22-21(23,24)15-5-3-6-16(12-15)26-10-11-28-25-18-13-27-19-9-8-14-4-1-2-7-17(14)20(18)19/h1-9,12H,10-11,13H2. The van der Waals surface area contributed by atoms with E-state index in [-0.39, 0.29) is 19.0 Å². The Morgan fingerprint density at radius 3 is 2.68 bits per heavy atom. The van der Waals surface area contributed by atoms with Crippen LogP contribution in [0.15, 0.2) is 65.8 Å². The third-order valence-corrected chi connectivity index (χ3v) is 4.32. The maximum absolute atomic E-state index is 12.7. The Balaban J connectivity index is 1.38. The molecule has 0 unspecified atom stereocenters. The van der Waals surface area contributed by atoms with Crippen LogP contribution in [0.1, 0.15) is 11.1 Å². The van der Waals surface area contributed by atoms with E-state index in [1.54, 1.807) is 0 Å². The van der Waals surface area contributed by atoms with Crippen LogP contribution in [0.4, 0.5) is 13.2 Å². The molecule has 3 aromatic rings. The molecule has 0 fully saturated rings. The zero-order chi connectivity index (χ0) is 19.6. The fraction of sp³-hybridized carbons (Fsp3) is 0.190. The Morgan fingerprint density at radius 1 is 0.964 bits per heavy atom. The molecule has 0 radical (unpaired) electrons. The second-order valence-electron chi connectivity index (χ2n) is 6.19. The number of alkyl halides is 3. The Labute approximate surface area is 159 Å². The molecule has 0 bridgehead atoms. The molecule has 28 heavy (non-hydrogen) atoms. The van der Waals surface area contributed by atoms with Crippen molar-refractivity contribution in [1.82, 2.24) is 0 Å². The van der Waals surface area contributed by atoms with Crippen molar-refractivity contribution in [2.45, 2.75) is 6.18 Å². The van der Waals surface area contributed by atoms with Crippen LogP contribution < -0.4 is 9.47 Å². The lowest BCUT2D eigenvalue weighted by Crippen LogP contribution is -2.09. The highest BCUT2D eigenvalue weighted by molar-refractivity contribution is 6.15. The van der Waals surface area contributed by atoms with Crippen molar-refractivity contribution in [3.63, 3.8) is 0 Å². The van der Waals surface area contributed by atoms with Crippen LogP contribution in [-0.4, -0.2) is 25.5 Å². The fourth-order valence-electron chi connectivity index (χ4n) is 3.04. The first-order valence-corrected chi connectivity index (χ1v) is 8.66. The quantitative estimate of drug-likeness (QED) is 0.454. The summed E-state index contributed by atoms with van der Waals surface area (Å²) in [5.74, 6) is 0.882. The largest absolute Gasteiger partial charge is 0.490 e. The minimum absolute atomic E-state index is 0.0708. The van der Waals surface area contributed by atoms with Crippen molar-refractivity contribution in [2.24, 2.45) is 5.16 Å². The van der Waals surface area contributed by atoms with Gasteiger partial charge in [0.05, 0.1) is 11.1 Å². The summed E-state index contributed by atoms with van der Waals surface area (Å²) in [6.45, 7) is 0.471. The van der Waals surface area contributed by atoms with Crippen LogP contribution in [0.2, 0.25) is 0 Å². The predicted molar refractivity (Wildman–Crippen MR) is 98.9 cm³/mol. The lowest BCUT2D eigenvalue weighted by atomic mass is 10.0. The van der Waals surface area contributed by atoms with Gasteiger partial charge >= 0.3 is 6.18 Å². The number of halogens is 3. The van der Waals surface area contributed by atoms with Gasteiger partial charge in [0, 0.05) is 0 Å². The Kier molecular flexibility index (Phi) is 4.81. The Hall–Kier alpha value is -3.22. The van der Waals surface area contributed by atoms with Gasteiger partial charge in [-0.25, -0.2) is 0 Å². The number of ether oxygens (including phenoxy) is 2. The van der Waals surface area contributed by atoms with Crippen molar-refractivity contribution < 1.29 is 27.5 Å². The van der Waals surface area contributed by atoms with Gasteiger partial charge in [0.25, 0.3) is 0 Å². The number of fused-ring (bicyclic) bond motifs is 3. The van der Waals surface area contributed by atoms with Crippen LogP contribution in [0, 0.1) is 0 Å². The highest BCUT2D eigenvalue weighted by atomic mass is 19.4. The minimum Gasteiger partial charge on any atom is -0.490 e. The molecule has 1 aliphatic heterocycles. The van der Waals surface area contributed by atoms with Crippen LogP contribution in [-0.2, 0) is 11.0 Å². The van der Waals surface area contributed by atoms with Crippen molar-refractivity contribution in [3.05, 3.63) is 71.8 Å². The highest BCUT2D eigenvalue weighted by Gasteiger charge is 2.30. The van der Waals surface area contributed by atoms with Crippen LogP contribution in [0.3, 0.4) is 0 Å². The molecule has 7 heteroatoms. The molecule has 3 aromatic carbocycles. The van der Waals surface area contributed by atoms with Crippen LogP contribution in [0.5, 0.6) is 11.5 Å². The zero-order valence-electron chi connectivity index (χ0n) is 14.7. The first-order valence-electron chi connectivity index (χ1n) is 8.66. The second-order valence-corrected chi connectivity index (χ2v) is 6.19. The van der Waals surface area contributed by atoms with Crippen LogP contribution >= 0.6 is 0 Å². The summed E-state index contributed by atoms with van der Waals surface area (Å²) in [5, 5.41) is 6.24. The molecule has 0 aromatic heterocycles. The van der Waals surface area contributed by atoms with Crippen molar-refractivity contribution in [2.75, 3.05) is 19.8 Å². The first kappa shape index (κ1) is 18.2. The van der Waals surface area contributed by atoms with E-state index < -0.39 is 11.7 Å². The van der Waals surface area contributed by atoms with Crippen molar-refractivity contribution in [3.8, 4) is 11.5 Å². The van der Waals surface area contributed by atoms with Crippen LogP contribution in [0.25, 0.3) is 10.8 Å².